The SMILES string of the molecule is CN.c1ccc(OCCCN2CCCC2)cc1. The largest absolute Gasteiger partial charge is 0.494 e. The van der Waals surface area contributed by atoms with Crippen molar-refractivity contribution < 1.29 is 4.74 Å². The van der Waals surface area contributed by atoms with E-state index in [4.69, 9.17) is 4.74 Å². The van der Waals surface area contributed by atoms with Crippen molar-refractivity contribution in [2.24, 2.45) is 5.73 Å². The van der Waals surface area contributed by atoms with Crippen molar-refractivity contribution >= 4 is 0 Å². The van der Waals surface area contributed by atoms with Gasteiger partial charge >= 0.3 is 0 Å². The van der Waals surface area contributed by atoms with Gasteiger partial charge in [0.15, 0.2) is 0 Å². The third-order valence-electron chi connectivity index (χ3n) is 2.83. The fourth-order valence-corrected chi connectivity index (χ4v) is 2.00. The summed E-state index contributed by atoms with van der Waals surface area (Å²) in [7, 11) is 1.50. The Bertz CT molecular complexity index is 271. The van der Waals surface area contributed by atoms with Crippen molar-refractivity contribution in [1.29, 1.82) is 0 Å². The molecule has 96 valence electrons. The summed E-state index contributed by atoms with van der Waals surface area (Å²) in [5, 5.41) is 0. The van der Waals surface area contributed by atoms with E-state index >= 15 is 0 Å². The number of likely N-dealkylation sites (tertiary alicyclic amines) is 1. The minimum absolute atomic E-state index is 0.834. The summed E-state index contributed by atoms with van der Waals surface area (Å²) in [5.74, 6) is 0.985. The Morgan fingerprint density at radius 2 is 1.76 bits per heavy atom. The standard InChI is InChI=1S/C13H19NO.CH5N/c1-2-7-13(8-3-1)15-12-6-11-14-9-4-5-10-14;1-2/h1-3,7-8H,4-6,9-12H2;2H2,1H3. The molecule has 3 heteroatoms. The van der Waals surface area contributed by atoms with Crippen molar-refractivity contribution in [2.75, 3.05) is 33.3 Å². The number of para-hydroxylation sites is 1. The van der Waals surface area contributed by atoms with Crippen LogP contribution in [0.2, 0.25) is 0 Å². The third-order valence-corrected chi connectivity index (χ3v) is 2.83. The molecule has 1 aliphatic rings. The van der Waals surface area contributed by atoms with Crippen LogP contribution in [0.25, 0.3) is 0 Å². The number of benzene rings is 1. The molecule has 1 heterocycles. The summed E-state index contributed by atoms with van der Waals surface area (Å²) < 4.78 is 5.64. The van der Waals surface area contributed by atoms with Crippen molar-refractivity contribution in [3.63, 3.8) is 0 Å². The number of nitrogens with zero attached hydrogens (tertiary/aromatic N) is 1. The summed E-state index contributed by atoms with van der Waals surface area (Å²) in [6.45, 7) is 4.59. The minimum Gasteiger partial charge on any atom is -0.494 e. The Balaban J connectivity index is 0.000000686. The van der Waals surface area contributed by atoms with Gasteiger partial charge in [0.05, 0.1) is 6.61 Å². The van der Waals surface area contributed by atoms with Crippen LogP contribution in [-0.4, -0.2) is 38.2 Å². The zero-order chi connectivity index (χ0) is 12.3. The molecule has 1 fully saturated rings. The van der Waals surface area contributed by atoms with E-state index in [1.54, 1.807) is 0 Å². The minimum atomic E-state index is 0.834. The maximum absolute atomic E-state index is 5.64. The van der Waals surface area contributed by atoms with E-state index in [-0.39, 0.29) is 0 Å². The number of rotatable bonds is 5. The quantitative estimate of drug-likeness (QED) is 0.796. The second kappa shape index (κ2) is 9.02. The zero-order valence-electron chi connectivity index (χ0n) is 10.8. The predicted molar refractivity (Wildman–Crippen MR) is 72.3 cm³/mol. The van der Waals surface area contributed by atoms with Gasteiger partial charge in [-0.25, -0.2) is 0 Å². The van der Waals surface area contributed by atoms with Crippen LogP contribution >= 0.6 is 0 Å². The van der Waals surface area contributed by atoms with Gasteiger partial charge in [-0.2, -0.15) is 0 Å². The second-order valence-corrected chi connectivity index (χ2v) is 4.06. The van der Waals surface area contributed by atoms with Gasteiger partial charge in [-0.3, -0.25) is 0 Å². The van der Waals surface area contributed by atoms with E-state index in [0.717, 1.165) is 18.8 Å². The lowest BCUT2D eigenvalue weighted by atomic mass is 10.3. The van der Waals surface area contributed by atoms with Gasteiger partial charge in [0.2, 0.25) is 0 Å². The average Bonchev–Trinajstić information content (AvgIpc) is 2.92. The molecular weight excluding hydrogens is 212 g/mol. The first-order valence-corrected chi connectivity index (χ1v) is 6.43. The number of hydrogen-bond donors (Lipinski definition) is 1. The molecule has 3 nitrogen and oxygen atoms in total. The lowest BCUT2D eigenvalue weighted by molar-refractivity contribution is 0.263. The highest BCUT2D eigenvalue weighted by molar-refractivity contribution is 5.20. The van der Waals surface area contributed by atoms with Crippen LogP contribution in [-0.2, 0) is 0 Å². The van der Waals surface area contributed by atoms with Crippen molar-refractivity contribution in [2.45, 2.75) is 19.3 Å². The smallest absolute Gasteiger partial charge is 0.119 e. The molecule has 1 saturated heterocycles. The summed E-state index contributed by atoms with van der Waals surface area (Å²) in [4.78, 5) is 2.52. The molecule has 1 aromatic rings. The molecule has 0 bridgehead atoms. The maximum Gasteiger partial charge on any atom is 0.119 e. The van der Waals surface area contributed by atoms with Crippen LogP contribution in [0, 0.1) is 0 Å². The number of ether oxygens (including phenoxy) is 1. The van der Waals surface area contributed by atoms with E-state index in [1.807, 2.05) is 30.3 Å². The van der Waals surface area contributed by atoms with Crippen LogP contribution in [0.4, 0.5) is 0 Å². The molecule has 0 atom stereocenters. The third kappa shape index (κ3) is 5.71. The Hall–Kier alpha value is -1.06. The molecule has 2 rings (SSSR count). The lowest BCUT2D eigenvalue weighted by Crippen LogP contribution is -2.21. The van der Waals surface area contributed by atoms with E-state index in [9.17, 15) is 0 Å². The van der Waals surface area contributed by atoms with Crippen molar-refractivity contribution in [1.82, 2.24) is 4.90 Å². The van der Waals surface area contributed by atoms with Crippen LogP contribution in [0.15, 0.2) is 30.3 Å². The molecule has 0 spiro atoms. The van der Waals surface area contributed by atoms with Crippen LogP contribution < -0.4 is 10.5 Å². The Labute approximate surface area is 105 Å². The van der Waals surface area contributed by atoms with E-state index < -0.39 is 0 Å². The van der Waals surface area contributed by atoms with Gasteiger partial charge in [-0.1, -0.05) is 18.2 Å². The van der Waals surface area contributed by atoms with Crippen LogP contribution in [0.5, 0.6) is 5.75 Å². The normalized spacial score (nSPS) is 15.2. The highest BCUT2D eigenvalue weighted by atomic mass is 16.5. The molecule has 1 aliphatic heterocycles. The first-order chi connectivity index (χ1) is 8.45. The number of hydrogen-bond acceptors (Lipinski definition) is 3. The molecule has 0 aromatic heterocycles. The summed E-state index contributed by atoms with van der Waals surface area (Å²) in [6, 6.07) is 10.1. The van der Waals surface area contributed by atoms with Crippen molar-refractivity contribution in [3.8, 4) is 5.75 Å². The van der Waals surface area contributed by atoms with Crippen LogP contribution in [0.1, 0.15) is 19.3 Å². The van der Waals surface area contributed by atoms with Gasteiger partial charge < -0.3 is 15.4 Å². The van der Waals surface area contributed by atoms with Gasteiger partial charge in [-0.05, 0) is 51.5 Å². The summed E-state index contributed by atoms with van der Waals surface area (Å²) in [6.07, 6.45) is 3.88. The van der Waals surface area contributed by atoms with Gasteiger partial charge in [0.25, 0.3) is 0 Å². The van der Waals surface area contributed by atoms with E-state index in [1.165, 1.54) is 39.5 Å². The average molecular weight is 236 g/mol. The van der Waals surface area contributed by atoms with E-state index in [0.29, 0.717) is 0 Å². The molecule has 2 N–H and O–H groups in total. The molecule has 1 aromatic carbocycles. The monoisotopic (exact) mass is 236 g/mol. The summed E-state index contributed by atoms with van der Waals surface area (Å²) in [5.41, 5.74) is 4.50. The van der Waals surface area contributed by atoms with Gasteiger partial charge in [0.1, 0.15) is 5.75 Å². The Morgan fingerprint density at radius 1 is 1.12 bits per heavy atom. The van der Waals surface area contributed by atoms with Gasteiger partial charge in [0, 0.05) is 6.54 Å². The van der Waals surface area contributed by atoms with E-state index in [2.05, 4.69) is 10.6 Å². The maximum atomic E-state index is 5.64. The lowest BCUT2D eigenvalue weighted by Gasteiger charge is -2.14. The van der Waals surface area contributed by atoms with Crippen molar-refractivity contribution in [3.05, 3.63) is 30.3 Å². The Morgan fingerprint density at radius 3 is 2.41 bits per heavy atom. The molecule has 0 amide bonds. The first kappa shape index (κ1) is 14.0. The highest BCUT2D eigenvalue weighted by Gasteiger charge is 2.10. The zero-order valence-corrected chi connectivity index (χ0v) is 10.8. The molecule has 0 aliphatic carbocycles. The second-order valence-electron chi connectivity index (χ2n) is 4.06. The fourth-order valence-electron chi connectivity index (χ4n) is 2.00. The topological polar surface area (TPSA) is 38.5 Å². The Kier molecular flexibility index (Phi) is 7.43. The van der Waals surface area contributed by atoms with Gasteiger partial charge in [-0.15, -0.1) is 0 Å². The molecule has 17 heavy (non-hydrogen) atoms. The fraction of sp³-hybridized carbons (Fsp3) is 0.571. The predicted octanol–water partition coefficient (Wildman–Crippen LogP) is 2.13. The number of nitrogens with two attached hydrogens (primary N) is 1. The van der Waals surface area contributed by atoms with Crippen LogP contribution in [0.3, 0.4) is 0 Å². The first-order valence-electron chi connectivity index (χ1n) is 6.43. The molecule has 0 radical (unpaired) electrons. The molecular formula is C14H24N2O. The molecule has 0 saturated carbocycles. The molecule has 0 unspecified atom stereocenters. The highest BCUT2D eigenvalue weighted by Crippen LogP contribution is 2.10. The summed E-state index contributed by atoms with van der Waals surface area (Å²) >= 11 is 0.